The number of fused-ring (bicyclic) bond motifs is 1. The third kappa shape index (κ3) is 3.94. The molecule has 4 rings (SSSR count). The number of pyridine rings is 1. The monoisotopic (exact) mass is 341 g/mol. The number of benzene rings is 1. The van der Waals surface area contributed by atoms with Gasteiger partial charge in [-0.25, -0.2) is 0 Å². The Morgan fingerprint density at radius 3 is 2.72 bits per heavy atom. The zero-order chi connectivity index (χ0) is 17.3. The van der Waals surface area contributed by atoms with Gasteiger partial charge in [-0.3, -0.25) is 9.88 Å². The molecule has 2 aliphatic rings. The molecule has 1 aromatic carbocycles. The molecule has 2 aliphatic heterocycles. The van der Waals surface area contributed by atoms with Crippen LogP contribution in [0.1, 0.15) is 31.2 Å². The number of piperidine rings is 1. The molecule has 0 unspecified atom stereocenters. The largest absolute Gasteiger partial charge is 0.508 e. The van der Waals surface area contributed by atoms with Crippen LogP contribution in [-0.4, -0.2) is 63.3 Å². The lowest BCUT2D eigenvalue weighted by Gasteiger charge is -2.33. The van der Waals surface area contributed by atoms with E-state index in [1.165, 1.54) is 19.3 Å². The zero-order valence-corrected chi connectivity index (χ0v) is 14.7. The van der Waals surface area contributed by atoms with Crippen molar-refractivity contribution >= 4 is 10.9 Å². The first-order valence-electron chi connectivity index (χ1n) is 9.34. The number of β-amino-alcohol motifs (C(OH)–C–C–N with tert-alkyl or cyclic N) is 1. The maximum Gasteiger partial charge on any atom is 0.117 e. The van der Waals surface area contributed by atoms with Crippen molar-refractivity contribution in [2.75, 3.05) is 32.7 Å². The molecule has 25 heavy (non-hydrogen) atoms. The van der Waals surface area contributed by atoms with Gasteiger partial charge in [0.2, 0.25) is 0 Å². The SMILES string of the molecule is Oc1ccc2cc(CN3CC[C@](O)(CN4CCCCC4)C3)cnc2c1. The Balaban J connectivity index is 1.39. The molecular formula is C20H27N3O2. The number of hydrogen-bond donors (Lipinski definition) is 2. The number of phenolic OH excluding ortho intramolecular Hbond substituents is 1. The average Bonchev–Trinajstić information content (AvgIpc) is 2.96. The molecule has 5 heteroatoms. The lowest BCUT2D eigenvalue weighted by Crippen LogP contribution is -2.46. The van der Waals surface area contributed by atoms with E-state index in [2.05, 4.69) is 20.9 Å². The van der Waals surface area contributed by atoms with Crippen molar-refractivity contribution in [3.8, 4) is 5.75 Å². The molecule has 0 radical (unpaired) electrons. The fourth-order valence-electron chi connectivity index (χ4n) is 4.24. The van der Waals surface area contributed by atoms with Crippen molar-refractivity contribution in [1.82, 2.24) is 14.8 Å². The van der Waals surface area contributed by atoms with Gasteiger partial charge in [0, 0.05) is 43.8 Å². The molecule has 0 saturated carbocycles. The molecule has 0 amide bonds. The maximum absolute atomic E-state index is 11.0. The number of phenols is 1. The van der Waals surface area contributed by atoms with E-state index in [0.717, 1.165) is 62.2 Å². The van der Waals surface area contributed by atoms with E-state index in [4.69, 9.17) is 0 Å². The van der Waals surface area contributed by atoms with Crippen LogP contribution < -0.4 is 0 Å². The molecule has 2 saturated heterocycles. The molecule has 3 heterocycles. The van der Waals surface area contributed by atoms with Gasteiger partial charge < -0.3 is 15.1 Å². The minimum atomic E-state index is -0.576. The van der Waals surface area contributed by atoms with Crippen molar-refractivity contribution in [3.05, 3.63) is 36.0 Å². The third-order valence-corrected chi connectivity index (χ3v) is 5.51. The first-order valence-corrected chi connectivity index (χ1v) is 9.34. The van der Waals surface area contributed by atoms with Gasteiger partial charge in [0.1, 0.15) is 5.75 Å². The van der Waals surface area contributed by atoms with Gasteiger partial charge in [-0.2, -0.15) is 0 Å². The van der Waals surface area contributed by atoms with Crippen molar-refractivity contribution in [1.29, 1.82) is 0 Å². The molecule has 2 aromatic rings. The van der Waals surface area contributed by atoms with E-state index in [1.54, 1.807) is 12.1 Å². The summed E-state index contributed by atoms with van der Waals surface area (Å²) in [6, 6.07) is 7.41. The summed E-state index contributed by atoms with van der Waals surface area (Å²) in [5.41, 5.74) is 1.39. The number of aliphatic hydroxyl groups is 1. The molecule has 0 spiro atoms. The van der Waals surface area contributed by atoms with Gasteiger partial charge in [0.15, 0.2) is 0 Å². The quantitative estimate of drug-likeness (QED) is 0.894. The molecule has 2 N–H and O–H groups in total. The summed E-state index contributed by atoms with van der Waals surface area (Å²) in [4.78, 5) is 9.21. The number of likely N-dealkylation sites (tertiary alicyclic amines) is 2. The molecule has 5 nitrogen and oxygen atoms in total. The normalized spacial score (nSPS) is 25.6. The Bertz CT molecular complexity index is 745. The second kappa shape index (κ2) is 6.90. The summed E-state index contributed by atoms with van der Waals surface area (Å²) in [7, 11) is 0. The van der Waals surface area contributed by atoms with E-state index >= 15 is 0 Å². The maximum atomic E-state index is 11.0. The minimum absolute atomic E-state index is 0.245. The predicted octanol–water partition coefficient (Wildman–Crippen LogP) is 2.36. The summed E-state index contributed by atoms with van der Waals surface area (Å²) in [5, 5.41) is 21.5. The Morgan fingerprint density at radius 2 is 1.88 bits per heavy atom. The van der Waals surface area contributed by atoms with Crippen LogP contribution in [0.15, 0.2) is 30.5 Å². The van der Waals surface area contributed by atoms with Crippen LogP contribution >= 0.6 is 0 Å². The van der Waals surface area contributed by atoms with Gasteiger partial charge >= 0.3 is 0 Å². The smallest absolute Gasteiger partial charge is 0.117 e. The first kappa shape index (κ1) is 16.8. The van der Waals surface area contributed by atoms with E-state index in [9.17, 15) is 10.2 Å². The highest BCUT2D eigenvalue weighted by Gasteiger charge is 2.37. The number of nitrogens with zero attached hydrogens (tertiary/aromatic N) is 3. The Labute approximate surface area is 148 Å². The highest BCUT2D eigenvalue weighted by atomic mass is 16.3. The van der Waals surface area contributed by atoms with Crippen LogP contribution in [0.5, 0.6) is 5.75 Å². The van der Waals surface area contributed by atoms with Crippen molar-refractivity contribution in [2.24, 2.45) is 0 Å². The minimum Gasteiger partial charge on any atom is -0.508 e. The summed E-state index contributed by atoms with van der Waals surface area (Å²) in [5.74, 6) is 0.245. The lowest BCUT2D eigenvalue weighted by atomic mass is 10.0. The average molecular weight is 341 g/mol. The number of rotatable bonds is 4. The van der Waals surface area contributed by atoms with Crippen molar-refractivity contribution < 1.29 is 10.2 Å². The van der Waals surface area contributed by atoms with Gasteiger partial charge in [0.05, 0.1) is 11.1 Å². The molecular weight excluding hydrogens is 314 g/mol. The van der Waals surface area contributed by atoms with Crippen LogP contribution in [0.2, 0.25) is 0 Å². The summed E-state index contributed by atoms with van der Waals surface area (Å²) >= 11 is 0. The summed E-state index contributed by atoms with van der Waals surface area (Å²) in [6.45, 7) is 5.54. The van der Waals surface area contributed by atoms with Crippen LogP contribution in [-0.2, 0) is 6.54 Å². The predicted molar refractivity (Wildman–Crippen MR) is 98.5 cm³/mol. The van der Waals surface area contributed by atoms with E-state index < -0.39 is 5.60 Å². The van der Waals surface area contributed by atoms with Crippen LogP contribution in [0.3, 0.4) is 0 Å². The number of aromatic nitrogens is 1. The molecule has 1 atom stereocenters. The second-order valence-corrected chi connectivity index (χ2v) is 7.74. The van der Waals surface area contributed by atoms with E-state index in [-0.39, 0.29) is 5.75 Å². The lowest BCUT2D eigenvalue weighted by molar-refractivity contribution is 0.00635. The van der Waals surface area contributed by atoms with Crippen molar-refractivity contribution in [3.63, 3.8) is 0 Å². The van der Waals surface area contributed by atoms with Crippen LogP contribution in [0.25, 0.3) is 10.9 Å². The third-order valence-electron chi connectivity index (χ3n) is 5.51. The Kier molecular flexibility index (Phi) is 4.63. The van der Waals surface area contributed by atoms with Crippen molar-refractivity contribution in [2.45, 2.75) is 37.8 Å². The molecule has 0 aliphatic carbocycles. The van der Waals surface area contributed by atoms with Gasteiger partial charge in [-0.15, -0.1) is 0 Å². The fourth-order valence-corrected chi connectivity index (χ4v) is 4.24. The summed E-state index contributed by atoms with van der Waals surface area (Å²) in [6.07, 6.45) is 6.58. The standard InChI is InChI=1S/C20H27N3O2/c24-18-5-4-17-10-16(12-21-19(17)11-18)13-23-9-6-20(25,15-23)14-22-7-2-1-3-8-22/h4-5,10-12,24-25H,1-3,6-9,13-15H2/t20-/m0/s1. The first-order chi connectivity index (χ1) is 12.1. The highest BCUT2D eigenvalue weighted by molar-refractivity contribution is 5.80. The Hall–Kier alpha value is -1.69. The molecule has 134 valence electrons. The van der Waals surface area contributed by atoms with Gasteiger partial charge in [0.25, 0.3) is 0 Å². The fraction of sp³-hybridized carbons (Fsp3) is 0.550. The highest BCUT2D eigenvalue weighted by Crippen LogP contribution is 2.26. The van der Waals surface area contributed by atoms with E-state index in [1.807, 2.05) is 12.3 Å². The topological polar surface area (TPSA) is 59.8 Å². The molecule has 2 fully saturated rings. The Morgan fingerprint density at radius 1 is 1.04 bits per heavy atom. The summed E-state index contributed by atoms with van der Waals surface area (Å²) < 4.78 is 0. The molecule has 1 aromatic heterocycles. The molecule has 0 bridgehead atoms. The van der Waals surface area contributed by atoms with E-state index in [0.29, 0.717) is 0 Å². The zero-order valence-electron chi connectivity index (χ0n) is 14.7. The van der Waals surface area contributed by atoms with Crippen LogP contribution in [0.4, 0.5) is 0 Å². The number of aromatic hydroxyl groups is 1. The second-order valence-electron chi connectivity index (χ2n) is 7.74. The van der Waals surface area contributed by atoms with Crippen LogP contribution in [0, 0.1) is 0 Å². The van der Waals surface area contributed by atoms with Gasteiger partial charge in [-0.1, -0.05) is 6.42 Å². The van der Waals surface area contributed by atoms with Gasteiger partial charge in [-0.05, 0) is 56.1 Å². The number of hydrogen-bond acceptors (Lipinski definition) is 5.